The highest BCUT2D eigenvalue weighted by Gasteiger charge is 2.13. The Hall–Kier alpha value is -3.32. The minimum Gasteiger partial charge on any atom is -0.324 e. The molecule has 4 aromatic rings. The molecule has 1 aliphatic rings. The van der Waals surface area contributed by atoms with E-state index in [0.29, 0.717) is 5.95 Å². The molecule has 1 fully saturated rings. The summed E-state index contributed by atoms with van der Waals surface area (Å²) in [6, 6.07) is 12.4. The van der Waals surface area contributed by atoms with Crippen LogP contribution in [0.3, 0.4) is 0 Å². The molecule has 1 aliphatic heterocycles. The molecule has 0 saturated carbocycles. The van der Waals surface area contributed by atoms with Crippen LogP contribution in [-0.4, -0.2) is 49.0 Å². The smallest absolute Gasteiger partial charge is 0.229 e. The molecule has 1 N–H and O–H groups in total. The van der Waals surface area contributed by atoms with Gasteiger partial charge >= 0.3 is 0 Å². The first-order chi connectivity index (χ1) is 14.8. The molecule has 5 rings (SSSR count). The summed E-state index contributed by atoms with van der Waals surface area (Å²) >= 11 is 0. The fourth-order valence-corrected chi connectivity index (χ4v) is 3.98. The molecule has 3 aromatic heterocycles. The van der Waals surface area contributed by atoms with Gasteiger partial charge in [-0.05, 0) is 62.2 Å². The Bertz CT molecular complexity index is 1130. The molecule has 4 heterocycles. The number of rotatable bonds is 6. The van der Waals surface area contributed by atoms with Crippen molar-refractivity contribution in [2.75, 3.05) is 25.0 Å². The number of likely N-dealkylation sites (tertiary alicyclic amines) is 1. The first-order valence-corrected chi connectivity index (χ1v) is 10.4. The molecule has 7 nitrogen and oxygen atoms in total. The van der Waals surface area contributed by atoms with E-state index in [0.717, 1.165) is 41.2 Å². The van der Waals surface area contributed by atoms with Gasteiger partial charge in [0.25, 0.3) is 0 Å². The normalized spacial score (nSPS) is 14.4. The molecule has 30 heavy (non-hydrogen) atoms. The van der Waals surface area contributed by atoms with Crippen LogP contribution in [0.25, 0.3) is 22.6 Å². The quantitative estimate of drug-likeness (QED) is 0.532. The fraction of sp³-hybridized carbons (Fsp3) is 0.304. The van der Waals surface area contributed by atoms with Gasteiger partial charge in [-0.2, -0.15) is 4.98 Å². The van der Waals surface area contributed by atoms with E-state index < -0.39 is 0 Å². The summed E-state index contributed by atoms with van der Waals surface area (Å²) in [4.78, 5) is 20.4. The zero-order valence-corrected chi connectivity index (χ0v) is 17.1. The molecule has 0 unspecified atom stereocenters. The zero-order valence-electron chi connectivity index (χ0n) is 17.1. The van der Waals surface area contributed by atoms with Crippen LogP contribution in [0.2, 0.25) is 0 Å². The number of benzene rings is 1. The number of imidazole rings is 1. The number of hydrogen-bond acceptors (Lipinski definition) is 6. The average molecular weight is 400 g/mol. The van der Waals surface area contributed by atoms with Crippen molar-refractivity contribution in [3.63, 3.8) is 0 Å². The molecule has 1 saturated heterocycles. The highest BCUT2D eigenvalue weighted by atomic mass is 15.2. The van der Waals surface area contributed by atoms with E-state index in [1.807, 2.05) is 23.7 Å². The van der Waals surface area contributed by atoms with Crippen molar-refractivity contribution in [2.24, 2.45) is 7.05 Å². The monoisotopic (exact) mass is 399 g/mol. The van der Waals surface area contributed by atoms with E-state index >= 15 is 0 Å². The van der Waals surface area contributed by atoms with E-state index in [4.69, 9.17) is 0 Å². The molecular weight excluding hydrogens is 374 g/mol. The number of anilines is 2. The molecule has 7 heteroatoms. The van der Waals surface area contributed by atoms with E-state index in [2.05, 4.69) is 54.4 Å². The number of nitrogens with one attached hydrogen (secondary N) is 1. The lowest BCUT2D eigenvalue weighted by atomic mass is 10.1. The third-order valence-corrected chi connectivity index (χ3v) is 5.68. The molecule has 0 bridgehead atoms. The molecule has 0 spiro atoms. The van der Waals surface area contributed by atoms with Crippen LogP contribution in [-0.2, 0) is 13.5 Å². The summed E-state index contributed by atoms with van der Waals surface area (Å²) in [5.41, 5.74) is 4.91. The van der Waals surface area contributed by atoms with Gasteiger partial charge in [-0.1, -0.05) is 12.1 Å². The number of fused-ring (bicyclic) bond motifs is 1. The van der Waals surface area contributed by atoms with Crippen molar-refractivity contribution in [3.05, 3.63) is 60.6 Å². The fourth-order valence-electron chi connectivity index (χ4n) is 3.98. The van der Waals surface area contributed by atoms with Crippen molar-refractivity contribution in [2.45, 2.75) is 19.3 Å². The van der Waals surface area contributed by atoms with Gasteiger partial charge in [0, 0.05) is 37.2 Å². The van der Waals surface area contributed by atoms with Crippen molar-refractivity contribution >= 4 is 22.8 Å². The van der Waals surface area contributed by atoms with E-state index in [1.54, 1.807) is 18.6 Å². The van der Waals surface area contributed by atoms with Crippen LogP contribution in [0.4, 0.5) is 11.6 Å². The molecule has 0 aliphatic carbocycles. The number of aryl methyl sites for hydroxylation is 1. The Balaban J connectivity index is 1.31. The third-order valence-electron chi connectivity index (χ3n) is 5.68. The third kappa shape index (κ3) is 3.89. The zero-order chi connectivity index (χ0) is 20.3. The lowest BCUT2D eigenvalue weighted by molar-refractivity contribution is 0.343. The minimum atomic E-state index is 0.566. The predicted molar refractivity (Wildman–Crippen MR) is 119 cm³/mol. The Labute approximate surface area is 175 Å². The highest BCUT2D eigenvalue weighted by Crippen LogP contribution is 2.23. The maximum atomic E-state index is 4.68. The summed E-state index contributed by atoms with van der Waals surface area (Å²) in [7, 11) is 1.97. The SMILES string of the molecule is Cn1c(-c2ccncc2)nc2cnc(Nc3ccc(CCN4CCCC4)cc3)nc21. The van der Waals surface area contributed by atoms with Crippen LogP contribution in [0.5, 0.6) is 0 Å². The average Bonchev–Trinajstić information content (AvgIpc) is 3.42. The Morgan fingerprint density at radius 1 is 0.967 bits per heavy atom. The number of hydrogen-bond donors (Lipinski definition) is 1. The van der Waals surface area contributed by atoms with Crippen molar-refractivity contribution in [3.8, 4) is 11.4 Å². The molecule has 152 valence electrons. The van der Waals surface area contributed by atoms with Crippen LogP contribution in [0.15, 0.2) is 55.0 Å². The maximum Gasteiger partial charge on any atom is 0.229 e. The topological polar surface area (TPSA) is 71.8 Å². The van der Waals surface area contributed by atoms with E-state index in [-0.39, 0.29) is 0 Å². The van der Waals surface area contributed by atoms with Gasteiger partial charge in [0.05, 0.1) is 6.20 Å². The lowest BCUT2D eigenvalue weighted by Crippen LogP contribution is -2.21. The second-order valence-electron chi connectivity index (χ2n) is 7.75. The Morgan fingerprint density at radius 2 is 1.73 bits per heavy atom. The van der Waals surface area contributed by atoms with Crippen LogP contribution in [0.1, 0.15) is 18.4 Å². The van der Waals surface area contributed by atoms with E-state index in [9.17, 15) is 0 Å². The highest BCUT2D eigenvalue weighted by molar-refractivity contribution is 5.77. The summed E-state index contributed by atoms with van der Waals surface area (Å²) in [5.74, 6) is 1.41. The summed E-state index contributed by atoms with van der Waals surface area (Å²) < 4.78 is 1.99. The summed E-state index contributed by atoms with van der Waals surface area (Å²) in [6.45, 7) is 3.64. The van der Waals surface area contributed by atoms with Gasteiger partial charge in [-0.25, -0.2) is 9.97 Å². The molecule has 0 atom stereocenters. The molecular formula is C23H25N7. The largest absolute Gasteiger partial charge is 0.324 e. The van der Waals surface area contributed by atoms with Crippen LogP contribution in [0, 0.1) is 0 Å². The van der Waals surface area contributed by atoms with Gasteiger partial charge in [0.15, 0.2) is 5.65 Å². The Morgan fingerprint density at radius 3 is 2.50 bits per heavy atom. The van der Waals surface area contributed by atoms with Crippen LogP contribution >= 0.6 is 0 Å². The predicted octanol–water partition coefficient (Wildman–Crippen LogP) is 3.81. The second-order valence-corrected chi connectivity index (χ2v) is 7.75. The Kier molecular flexibility index (Phi) is 5.11. The minimum absolute atomic E-state index is 0.566. The first-order valence-electron chi connectivity index (χ1n) is 10.4. The number of aromatic nitrogens is 5. The lowest BCUT2D eigenvalue weighted by Gasteiger charge is -2.14. The molecule has 0 amide bonds. The van der Waals surface area contributed by atoms with Crippen LogP contribution < -0.4 is 5.32 Å². The summed E-state index contributed by atoms with van der Waals surface area (Å²) in [6.07, 6.45) is 9.07. The van der Waals surface area contributed by atoms with Gasteiger partial charge < -0.3 is 14.8 Å². The standard InChI is InChI=1S/C23H25N7/c1-29-21(18-8-11-24-12-9-18)27-20-16-25-23(28-22(20)29)26-19-6-4-17(5-7-19)10-15-30-13-2-3-14-30/h4-9,11-12,16H,2-3,10,13-15H2,1H3,(H,25,26,28). The van der Waals surface area contributed by atoms with Gasteiger partial charge in [-0.3, -0.25) is 4.98 Å². The van der Waals surface area contributed by atoms with Crippen molar-refractivity contribution in [1.29, 1.82) is 0 Å². The second kappa shape index (κ2) is 8.20. The molecule has 1 aromatic carbocycles. The van der Waals surface area contributed by atoms with Gasteiger partial charge in [0.1, 0.15) is 11.3 Å². The van der Waals surface area contributed by atoms with Gasteiger partial charge in [0.2, 0.25) is 5.95 Å². The van der Waals surface area contributed by atoms with Crippen molar-refractivity contribution < 1.29 is 0 Å². The number of nitrogens with zero attached hydrogens (tertiary/aromatic N) is 6. The van der Waals surface area contributed by atoms with E-state index in [1.165, 1.54) is 31.5 Å². The first kappa shape index (κ1) is 18.7. The molecule has 0 radical (unpaired) electrons. The van der Waals surface area contributed by atoms with Crippen molar-refractivity contribution in [1.82, 2.24) is 29.4 Å². The van der Waals surface area contributed by atoms with Gasteiger partial charge in [-0.15, -0.1) is 0 Å². The summed E-state index contributed by atoms with van der Waals surface area (Å²) in [5, 5.41) is 3.31. The number of pyridine rings is 1. The maximum absolute atomic E-state index is 4.68.